The molecular formula is C10H13ClN4O4S. The highest BCUT2D eigenvalue weighted by molar-refractivity contribution is 7.84. The lowest BCUT2D eigenvalue weighted by Crippen LogP contribution is -2.27. The molecule has 0 aromatic heterocycles. The normalized spacial score (nSPS) is 11.8. The Balaban J connectivity index is 2.99. The molecule has 0 heterocycles. The minimum Gasteiger partial charge on any atom is -0.351 e. The molecule has 0 fully saturated rings. The Hall–Kier alpha value is -1.71. The van der Waals surface area contributed by atoms with Crippen LogP contribution in [0.4, 0.5) is 11.4 Å². The number of hydrogen-bond donors (Lipinski definition) is 3. The Morgan fingerprint density at radius 2 is 2.20 bits per heavy atom. The van der Waals surface area contributed by atoms with Crippen molar-refractivity contribution in [1.29, 1.82) is 0 Å². The predicted octanol–water partition coefficient (Wildman–Crippen LogP) is 0.642. The molecule has 0 aliphatic rings. The maximum absolute atomic E-state index is 11.8. The van der Waals surface area contributed by atoms with Gasteiger partial charge >= 0.3 is 0 Å². The minimum absolute atomic E-state index is 0.0302. The molecule has 1 aromatic carbocycles. The zero-order valence-corrected chi connectivity index (χ0v) is 12.1. The zero-order chi connectivity index (χ0) is 15.3. The molecule has 110 valence electrons. The van der Waals surface area contributed by atoms with Crippen LogP contribution in [-0.2, 0) is 10.8 Å². The Bertz CT molecular complexity index is 566. The topological polar surface area (TPSA) is 127 Å². The highest BCUT2D eigenvalue weighted by Gasteiger charge is 2.20. The molecule has 1 amide bonds. The van der Waals surface area contributed by atoms with Gasteiger partial charge in [-0.15, -0.1) is 0 Å². The number of halogens is 1. The number of nitrogens with zero attached hydrogens (tertiary/aromatic N) is 1. The number of anilines is 1. The van der Waals surface area contributed by atoms with Crippen molar-refractivity contribution >= 4 is 39.7 Å². The monoisotopic (exact) mass is 320 g/mol. The molecule has 1 unspecified atom stereocenters. The molecule has 4 N–H and O–H groups in total. The van der Waals surface area contributed by atoms with E-state index < -0.39 is 27.3 Å². The number of nitrogens with one attached hydrogen (secondary N) is 2. The van der Waals surface area contributed by atoms with Crippen LogP contribution in [0.25, 0.3) is 0 Å². The summed E-state index contributed by atoms with van der Waals surface area (Å²) in [6.07, 6.45) is 1.51. The molecule has 20 heavy (non-hydrogen) atoms. The largest absolute Gasteiger partial charge is 0.351 e. The first kappa shape index (κ1) is 16.3. The van der Waals surface area contributed by atoms with Crippen molar-refractivity contribution in [2.24, 2.45) is 5.84 Å². The molecule has 0 saturated heterocycles. The van der Waals surface area contributed by atoms with Gasteiger partial charge in [0.1, 0.15) is 5.69 Å². The SMILES string of the molecule is CS(=O)CCNC(=O)c1cc(Cl)c(NN)c([N+](=O)[O-])c1. The number of rotatable bonds is 6. The molecule has 1 rings (SSSR count). The fraction of sp³-hybridized carbons (Fsp3) is 0.300. The van der Waals surface area contributed by atoms with E-state index in [0.29, 0.717) is 5.75 Å². The van der Waals surface area contributed by atoms with E-state index in [1.165, 1.54) is 12.3 Å². The molecule has 1 aromatic rings. The standard InChI is InChI=1S/C10H13ClN4O4S/c1-20(19)3-2-13-10(16)6-4-7(11)9(14-12)8(5-6)15(17)18/h4-5,14H,2-3,12H2,1H3,(H,13,16). The summed E-state index contributed by atoms with van der Waals surface area (Å²) in [5.74, 6) is 4.91. The van der Waals surface area contributed by atoms with Crippen molar-refractivity contribution in [2.75, 3.05) is 24.0 Å². The summed E-state index contributed by atoms with van der Waals surface area (Å²) < 4.78 is 10.9. The van der Waals surface area contributed by atoms with Crippen LogP contribution in [0.3, 0.4) is 0 Å². The van der Waals surface area contributed by atoms with E-state index >= 15 is 0 Å². The second kappa shape index (κ2) is 7.17. The van der Waals surface area contributed by atoms with Gasteiger partial charge in [0.15, 0.2) is 0 Å². The number of carbonyl (C=O) groups is 1. The van der Waals surface area contributed by atoms with Crippen molar-refractivity contribution in [3.8, 4) is 0 Å². The Morgan fingerprint density at radius 3 is 2.70 bits per heavy atom. The average molecular weight is 321 g/mol. The van der Waals surface area contributed by atoms with Crippen LogP contribution in [0.5, 0.6) is 0 Å². The fourth-order valence-corrected chi connectivity index (χ4v) is 2.08. The molecule has 0 saturated carbocycles. The van der Waals surface area contributed by atoms with Gasteiger partial charge < -0.3 is 10.7 Å². The Labute approximate surface area is 122 Å². The van der Waals surface area contributed by atoms with Gasteiger partial charge in [0.25, 0.3) is 11.6 Å². The van der Waals surface area contributed by atoms with Crippen molar-refractivity contribution in [2.45, 2.75) is 0 Å². The number of nitrogen functional groups attached to an aromatic ring is 1. The molecule has 0 aliphatic heterocycles. The maximum Gasteiger partial charge on any atom is 0.295 e. The van der Waals surface area contributed by atoms with Gasteiger partial charge in [-0.1, -0.05) is 11.6 Å². The summed E-state index contributed by atoms with van der Waals surface area (Å²) in [5.41, 5.74) is 1.69. The van der Waals surface area contributed by atoms with E-state index in [0.717, 1.165) is 6.07 Å². The molecule has 1 atom stereocenters. The lowest BCUT2D eigenvalue weighted by Gasteiger charge is -2.08. The van der Waals surface area contributed by atoms with Crippen LogP contribution in [0.2, 0.25) is 5.02 Å². The number of carbonyl (C=O) groups excluding carboxylic acids is 1. The van der Waals surface area contributed by atoms with Crippen molar-refractivity contribution < 1.29 is 13.9 Å². The third kappa shape index (κ3) is 4.15. The molecule has 10 heteroatoms. The molecule has 0 radical (unpaired) electrons. The summed E-state index contributed by atoms with van der Waals surface area (Å²) in [5, 5.41) is 13.4. The van der Waals surface area contributed by atoms with Crippen LogP contribution in [-0.4, -0.2) is 33.6 Å². The van der Waals surface area contributed by atoms with E-state index in [4.69, 9.17) is 17.4 Å². The third-order valence-corrected chi connectivity index (χ3v) is 3.42. The van der Waals surface area contributed by atoms with Gasteiger partial charge in [0.05, 0.1) is 9.95 Å². The number of benzene rings is 1. The first-order valence-corrected chi connectivity index (χ1v) is 7.50. The molecule has 0 spiro atoms. The van der Waals surface area contributed by atoms with Gasteiger partial charge in [0.2, 0.25) is 0 Å². The van der Waals surface area contributed by atoms with Crippen LogP contribution in [0.1, 0.15) is 10.4 Å². The molecule has 8 nitrogen and oxygen atoms in total. The van der Waals surface area contributed by atoms with Gasteiger partial charge in [-0.25, -0.2) is 0 Å². The summed E-state index contributed by atoms with van der Waals surface area (Å²) in [6, 6.07) is 2.33. The summed E-state index contributed by atoms with van der Waals surface area (Å²) in [4.78, 5) is 22.0. The van der Waals surface area contributed by atoms with Crippen molar-refractivity contribution in [3.05, 3.63) is 32.8 Å². The van der Waals surface area contributed by atoms with Crippen molar-refractivity contribution in [1.82, 2.24) is 5.32 Å². The Kier molecular flexibility index (Phi) is 5.86. The number of nitrogens with two attached hydrogens (primary N) is 1. The smallest absolute Gasteiger partial charge is 0.295 e. The van der Waals surface area contributed by atoms with Crippen LogP contribution >= 0.6 is 11.6 Å². The van der Waals surface area contributed by atoms with Gasteiger partial charge in [-0.05, 0) is 6.07 Å². The quantitative estimate of drug-likeness (QED) is 0.401. The van der Waals surface area contributed by atoms with E-state index in [9.17, 15) is 19.1 Å². The van der Waals surface area contributed by atoms with Crippen molar-refractivity contribution in [3.63, 3.8) is 0 Å². The summed E-state index contributed by atoms with van der Waals surface area (Å²) in [6.45, 7) is 0.199. The maximum atomic E-state index is 11.8. The fourth-order valence-electron chi connectivity index (χ4n) is 1.42. The van der Waals surface area contributed by atoms with E-state index in [1.54, 1.807) is 0 Å². The number of nitro benzene ring substituents is 1. The second-order valence-corrected chi connectivity index (χ2v) is 5.75. The molecular weight excluding hydrogens is 308 g/mol. The van der Waals surface area contributed by atoms with Gasteiger partial charge in [0, 0.05) is 41.0 Å². The number of nitro groups is 1. The molecule has 0 bridgehead atoms. The van der Waals surface area contributed by atoms with Crippen LogP contribution < -0.4 is 16.6 Å². The summed E-state index contributed by atoms with van der Waals surface area (Å²) >= 11 is 5.83. The zero-order valence-electron chi connectivity index (χ0n) is 10.5. The van der Waals surface area contributed by atoms with Gasteiger partial charge in [-0.3, -0.25) is 25.0 Å². The lowest BCUT2D eigenvalue weighted by atomic mass is 10.1. The first-order chi connectivity index (χ1) is 9.36. The minimum atomic E-state index is -1.04. The van der Waals surface area contributed by atoms with Crippen LogP contribution in [0.15, 0.2) is 12.1 Å². The van der Waals surface area contributed by atoms with Gasteiger partial charge in [-0.2, -0.15) is 0 Å². The predicted molar refractivity (Wildman–Crippen MR) is 77.2 cm³/mol. The van der Waals surface area contributed by atoms with Crippen LogP contribution in [0, 0.1) is 10.1 Å². The average Bonchev–Trinajstić information content (AvgIpc) is 2.36. The number of amides is 1. The first-order valence-electron chi connectivity index (χ1n) is 5.39. The highest BCUT2D eigenvalue weighted by atomic mass is 35.5. The van der Waals surface area contributed by atoms with E-state index in [1.807, 2.05) is 0 Å². The summed E-state index contributed by atoms with van der Waals surface area (Å²) in [7, 11) is -1.04. The lowest BCUT2D eigenvalue weighted by molar-refractivity contribution is -0.384. The van der Waals surface area contributed by atoms with E-state index in [2.05, 4.69) is 10.7 Å². The highest BCUT2D eigenvalue weighted by Crippen LogP contribution is 2.32. The third-order valence-electron chi connectivity index (χ3n) is 2.35. The number of hydrazine groups is 1. The Morgan fingerprint density at radius 1 is 1.55 bits per heavy atom. The molecule has 0 aliphatic carbocycles. The van der Waals surface area contributed by atoms with E-state index in [-0.39, 0.29) is 22.8 Å². The second-order valence-electron chi connectivity index (χ2n) is 3.79. The number of hydrogen-bond acceptors (Lipinski definition) is 6.